The molecule has 2 aromatic heterocycles. The number of aromatic nitrogens is 2. The summed E-state index contributed by atoms with van der Waals surface area (Å²) in [7, 11) is 0. The average Bonchev–Trinajstić information content (AvgIpc) is 2.21. The first kappa shape index (κ1) is 10.0. The molecule has 2 nitrogen and oxygen atoms in total. The molecule has 0 aliphatic rings. The minimum atomic E-state index is 0. The van der Waals surface area contributed by atoms with Crippen molar-refractivity contribution in [1.82, 2.24) is 9.97 Å². The van der Waals surface area contributed by atoms with Crippen LogP contribution in [0, 0.1) is 0 Å². The smallest absolute Gasteiger partial charge is 0.255 e. The molecule has 3 heteroatoms. The van der Waals surface area contributed by atoms with E-state index in [0.29, 0.717) is 0 Å². The summed E-state index contributed by atoms with van der Waals surface area (Å²) in [6, 6.07) is 11.6. The van der Waals surface area contributed by atoms with E-state index in [0.717, 1.165) is 11.4 Å². The predicted molar refractivity (Wildman–Crippen MR) is 47.5 cm³/mol. The van der Waals surface area contributed by atoms with Crippen LogP contribution in [-0.4, -0.2) is 9.97 Å². The van der Waals surface area contributed by atoms with Crippen LogP contribution in [0.5, 0.6) is 0 Å². The molecule has 0 fully saturated rings. The summed E-state index contributed by atoms with van der Waals surface area (Å²) in [5, 5.41) is 0. The number of pyridine rings is 2. The van der Waals surface area contributed by atoms with E-state index in [1.54, 1.807) is 12.4 Å². The topological polar surface area (TPSA) is 25.8 Å². The van der Waals surface area contributed by atoms with Crippen molar-refractivity contribution in [1.29, 1.82) is 0 Å². The molecule has 0 amide bonds. The zero-order valence-corrected chi connectivity index (χ0v) is 9.24. The van der Waals surface area contributed by atoms with Crippen molar-refractivity contribution in [2.75, 3.05) is 0 Å². The molecule has 2 aromatic rings. The van der Waals surface area contributed by atoms with Gasteiger partial charge in [-0.25, -0.2) is 0 Å². The maximum Gasteiger partial charge on any atom is 1.00 e. The Morgan fingerprint density at radius 2 is 1.15 bits per heavy atom. The number of hydrogen-bond donors (Lipinski definition) is 0. The molecule has 0 spiro atoms. The van der Waals surface area contributed by atoms with E-state index < -0.39 is 0 Å². The molecule has 2 heterocycles. The SMILES string of the molecule is [Ir+].c1ccc(-c2ccccn2)nc1. The van der Waals surface area contributed by atoms with Crippen molar-refractivity contribution >= 4 is 0 Å². The maximum atomic E-state index is 4.19. The Bertz CT molecular complexity index is 310. The summed E-state index contributed by atoms with van der Waals surface area (Å²) in [5.74, 6) is 0. The first-order chi connectivity index (χ1) is 5.97. The number of rotatable bonds is 1. The third kappa shape index (κ3) is 2.44. The zero-order valence-electron chi connectivity index (χ0n) is 6.85. The van der Waals surface area contributed by atoms with Crippen LogP contribution < -0.4 is 0 Å². The Labute approximate surface area is 90.4 Å². The van der Waals surface area contributed by atoms with Crippen molar-refractivity contribution < 1.29 is 20.1 Å². The van der Waals surface area contributed by atoms with Gasteiger partial charge in [-0.3, -0.25) is 9.97 Å². The van der Waals surface area contributed by atoms with Crippen LogP contribution in [0.15, 0.2) is 48.8 Å². The van der Waals surface area contributed by atoms with Crippen LogP contribution in [0.4, 0.5) is 0 Å². The molecule has 0 saturated heterocycles. The van der Waals surface area contributed by atoms with Gasteiger partial charge in [-0.15, -0.1) is 0 Å². The van der Waals surface area contributed by atoms with E-state index in [-0.39, 0.29) is 20.1 Å². The van der Waals surface area contributed by atoms with Gasteiger partial charge in [0.2, 0.25) is 0 Å². The molecule has 13 heavy (non-hydrogen) atoms. The quantitative estimate of drug-likeness (QED) is 0.789. The summed E-state index contributed by atoms with van der Waals surface area (Å²) in [6.45, 7) is 0. The molecular formula is C10H8IrN2+. The molecule has 0 aliphatic carbocycles. The predicted octanol–water partition coefficient (Wildman–Crippen LogP) is 2.14. The normalized spacial score (nSPS) is 8.92. The largest absolute Gasteiger partial charge is 1.00 e. The molecule has 0 aliphatic heterocycles. The zero-order chi connectivity index (χ0) is 8.23. The van der Waals surface area contributed by atoms with Crippen LogP contribution in [-0.2, 0) is 20.1 Å². The van der Waals surface area contributed by atoms with Crippen LogP contribution in [0.3, 0.4) is 0 Å². The molecule has 0 radical (unpaired) electrons. The molecular weight excluding hydrogens is 340 g/mol. The van der Waals surface area contributed by atoms with Gasteiger partial charge in [-0.1, -0.05) is 12.1 Å². The van der Waals surface area contributed by atoms with E-state index in [9.17, 15) is 0 Å². The van der Waals surface area contributed by atoms with Crippen LogP contribution in [0.25, 0.3) is 11.4 Å². The van der Waals surface area contributed by atoms with Gasteiger partial charge < -0.3 is 0 Å². The second kappa shape index (κ2) is 4.85. The maximum absolute atomic E-state index is 4.19. The Morgan fingerprint density at radius 3 is 1.46 bits per heavy atom. The molecule has 0 N–H and O–H groups in total. The van der Waals surface area contributed by atoms with Gasteiger partial charge in [0.1, 0.15) is 0 Å². The van der Waals surface area contributed by atoms with E-state index >= 15 is 0 Å². The van der Waals surface area contributed by atoms with E-state index in [1.807, 2.05) is 36.4 Å². The molecule has 66 valence electrons. The molecule has 0 saturated carbocycles. The molecule has 0 unspecified atom stereocenters. The van der Waals surface area contributed by atoms with E-state index in [4.69, 9.17) is 0 Å². The number of nitrogens with zero attached hydrogens (tertiary/aromatic N) is 2. The van der Waals surface area contributed by atoms with Crippen molar-refractivity contribution in [3.8, 4) is 11.4 Å². The standard InChI is InChI=1S/C10H8N2.Ir/c1-3-7-11-9(5-1)10-6-2-4-8-12-10;/h1-8H;/q;+1. The molecule has 2 rings (SSSR count). The monoisotopic (exact) mass is 349 g/mol. The third-order valence-electron chi connectivity index (χ3n) is 1.59. The Kier molecular flexibility index (Phi) is 3.74. The summed E-state index contributed by atoms with van der Waals surface area (Å²) in [4.78, 5) is 8.37. The van der Waals surface area contributed by atoms with Gasteiger partial charge in [0.05, 0.1) is 11.4 Å². The fourth-order valence-corrected chi connectivity index (χ4v) is 1.03. The summed E-state index contributed by atoms with van der Waals surface area (Å²) in [6.07, 6.45) is 3.54. The Morgan fingerprint density at radius 1 is 0.692 bits per heavy atom. The minimum absolute atomic E-state index is 0. The summed E-state index contributed by atoms with van der Waals surface area (Å²) in [5.41, 5.74) is 1.83. The molecule has 0 bridgehead atoms. The van der Waals surface area contributed by atoms with Crippen LogP contribution in [0.2, 0.25) is 0 Å². The Balaban J connectivity index is 0.000000845. The minimum Gasteiger partial charge on any atom is -0.255 e. The van der Waals surface area contributed by atoms with Gasteiger partial charge in [0, 0.05) is 12.4 Å². The second-order valence-electron chi connectivity index (χ2n) is 2.43. The van der Waals surface area contributed by atoms with Gasteiger partial charge in [0.25, 0.3) is 0 Å². The van der Waals surface area contributed by atoms with Crippen molar-refractivity contribution in [3.05, 3.63) is 48.8 Å². The van der Waals surface area contributed by atoms with Gasteiger partial charge in [0.15, 0.2) is 0 Å². The molecule has 0 atom stereocenters. The fourth-order valence-electron chi connectivity index (χ4n) is 1.03. The average molecular weight is 348 g/mol. The van der Waals surface area contributed by atoms with Crippen molar-refractivity contribution in [2.24, 2.45) is 0 Å². The molecule has 0 aromatic carbocycles. The van der Waals surface area contributed by atoms with E-state index in [2.05, 4.69) is 9.97 Å². The number of hydrogen-bond acceptors (Lipinski definition) is 2. The van der Waals surface area contributed by atoms with Gasteiger partial charge >= 0.3 is 20.1 Å². The summed E-state index contributed by atoms with van der Waals surface area (Å²) < 4.78 is 0. The summed E-state index contributed by atoms with van der Waals surface area (Å²) >= 11 is 0. The first-order valence-corrected chi connectivity index (χ1v) is 3.79. The fraction of sp³-hybridized carbons (Fsp3) is 0. The Hall–Kier alpha value is -1.05. The third-order valence-corrected chi connectivity index (χ3v) is 1.59. The van der Waals surface area contributed by atoms with Gasteiger partial charge in [-0.05, 0) is 24.3 Å². The van der Waals surface area contributed by atoms with Crippen LogP contribution in [0.1, 0.15) is 0 Å². The van der Waals surface area contributed by atoms with E-state index in [1.165, 1.54) is 0 Å². The van der Waals surface area contributed by atoms with Gasteiger partial charge in [-0.2, -0.15) is 0 Å². The van der Waals surface area contributed by atoms with Crippen molar-refractivity contribution in [2.45, 2.75) is 0 Å². The van der Waals surface area contributed by atoms with Crippen LogP contribution >= 0.6 is 0 Å². The second-order valence-corrected chi connectivity index (χ2v) is 2.43. The first-order valence-electron chi connectivity index (χ1n) is 3.79. The van der Waals surface area contributed by atoms with Crippen molar-refractivity contribution in [3.63, 3.8) is 0 Å².